The van der Waals surface area contributed by atoms with Crippen LogP contribution in [-0.4, -0.2) is 60.6 Å². The highest BCUT2D eigenvalue weighted by atomic mass is 32.2. The molecule has 1 unspecified atom stereocenters. The molecule has 0 N–H and O–H groups in total. The van der Waals surface area contributed by atoms with Crippen molar-refractivity contribution in [2.75, 3.05) is 32.5 Å². The van der Waals surface area contributed by atoms with E-state index >= 15 is 0 Å². The van der Waals surface area contributed by atoms with Crippen LogP contribution in [0.4, 0.5) is 0 Å². The maximum Gasteiger partial charge on any atom is 0.306 e. The third-order valence-electron chi connectivity index (χ3n) is 9.10. The van der Waals surface area contributed by atoms with Crippen molar-refractivity contribution >= 4 is 28.9 Å². The molecule has 0 fully saturated rings. The second-order valence-electron chi connectivity index (χ2n) is 13.7. The zero-order valence-corrected chi connectivity index (χ0v) is 31.5. The van der Waals surface area contributed by atoms with Crippen LogP contribution >= 0.6 is 11.8 Å². The molecule has 1 heterocycles. The average Bonchev–Trinajstić information content (AvgIpc) is 3.47. The molecule has 0 aromatic rings. The monoisotopic (exact) mass is 667 g/mol. The number of thioether (sulfide) groups is 1. The van der Waals surface area contributed by atoms with Crippen LogP contribution in [0.1, 0.15) is 194 Å². The largest absolute Gasteiger partial charge is 0.462 e. The van der Waals surface area contributed by atoms with Crippen molar-refractivity contribution in [3.8, 4) is 0 Å². The number of nitrogens with zero attached hydrogens (tertiary/aromatic N) is 2. The fourth-order valence-corrected chi connectivity index (χ4v) is 7.02. The third-order valence-corrected chi connectivity index (χ3v) is 10.3. The molecule has 0 radical (unpaired) electrons. The Labute approximate surface area is 289 Å². The van der Waals surface area contributed by atoms with Gasteiger partial charge >= 0.3 is 11.9 Å². The number of aliphatic imine (C=N–C) groups is 1. The van der Waals surface area contributed by atoms with E-state index < -0.39 is 6.10 Å². The Hall–Kier alpha value is -1.24. The summed E-state index contributed by atoms with van der Waals surface area (Å²) in [5.41, 5.74) is 0. The van der Waals surface area contributed by atoms with Gasteiger partial charge < -0.3 is 14.4 Å². The van der Waals surface area contributed by atoms with Gasteiger partial charge in [-0.1, -0.05) is 180 Å². The fraction of sp³-hybridized carbons (Fsp3) is 0.923. The van der Waals surface area contributed by atoms with Gasteiger partial charge in [-0.25, -0.2) is 0 Å². The van der Waals surface area contributed by atoms with Crippen LogP contribution in [-0.2, 0) is 19.1 Å². The summed E-state index contributed by atoms with van der Waals surface area (Å²) in [5, 5.41) is 0.968. The first-order valence-electron chi connectivity index (χ1n) is 19.8. The number of unbranched alkanes of at least 4 members (excludes halogenated alkanes) is 24. The van der Waals surface area contributed by atoms with Gasteiger partial charge in [-0.15, -0.1) is 0 Å². The third kappa shape index (κ3) is 26.8. The lowest BCUT2D eigenvalue weighted by Gasteiger charge is -2.19. The van der Waals surface area contributed by atoms with Crippen molar-refractivity contribution in [2.24, 2.45) is 4.99 Å². The van der Waals surface area contributed by atoms with Gasteiger partial charge in [0.2, 0.25) is 0 Å². The van der Waals surface area contributed by atoms with Crippen molar-refractivity contribution < 1.29 is 19.1 Å². The summed E-state index contributed by atoms with van der Waals surface area (Å²) < 4.78 is 11.4. The minimum absolute atomic E-state index is 0.131. The topological polar surface area (TPSA) is 68.2 Å². The molecule has 1 aliphatic rings. The van der Waals surface area contributed by atoms with E-state index in [-0.39, 0.29) is 18.5 Å². The molecule has 7 heteroatoms. The van der Waals surface area contributed by atoms with Gasteiger partial charge in [0.05, 0.1) is 6.54 Å². The second kappa shape index (κ2) is 32.3. The molecule has 1 aliphatic heterocycles. The van der Waals surface area contributed by atoms with Crippen LogP contribution < -0.4 is 0 Å². The Bertz CT molecular complexity index is 748. The van der Waals surface area contributed by atoms with E-state index in [1.807, 2.05) is 7.05 Å². The lowest BCUT2D eigenvalue weighted by molar-refractivity contribution is -0.157. The molecule has 0 bridgehead atoms. The molecule has 6 nitrogen and oxygen atoms in total. The standard InChI is InChI=1S/C39H74N2O4S/c1-4-6-8-10-12-14-16-18-20-22-24-26-28-30-37(42)44-34-36(35-46-39-40-32-33-41(39)3)45-38(43)31-29-27-25-23-21-19-17-15-13-11-9-7-5-2/h36H,4-35H2,1-3H3. The van der Waals surface area contributed by atoms with Crippen LogP contribution in [0.15, 0.2) is 4.99 Å². The van der Waals surface area contributed by atoms with Gasteiger partial charge in [-0.3, -0.25) is 14.6 Å². The van der Waals surface area contributed by atoms with Crippen molar-refractivity contribution in [2.45, 2.75) is 200 Å². The van der Waals surface area contributed by atoms with E-state index in [0.717, 1.165) is 43.9 Å². The number of hydrogen-bond acceptors (Lipinski definition) is 7. The lowest BCUT2D eigenvalue weighted by atomic mass is 10.0. The number of carbonyl (C=O) groups excluding carboxylic acids is 2. The molecule has 270 valence electrons. The van der Waals surface area contributed by atoms with E-state index in [4.69, 9.17) is 9.47 Å². The quantitative estimate of drug-likeness (QED) is 0.0513. The number of rotatable bonds is 33. The Morgan fingerprint density at radius 2 is 1.02 bits per heavy atom. The van der Waals surface area contributed by atoms with Gasteiger partial charge in [-0.05, 0) is 12.8 Å². The van der Waals surface area contributed by atoms with Gasteiger partial charge in [0, 0.05) is 32.2 Å². The number of hydrogen-bond donors (Lipinski definition) is 0. The molecule has 1 rings (SSSR count). The second-order valence-corrected chi connectivity index (χ2v) is 14.7. The highest BCUT2D eigenvalue weighted by Gasteiger charge is 2.21. The first kappa shape index (κ1) is 42.8. The van der Waals surface area contributed by atoms with E-state index in [2.05, 4.69) is 23.7 Å². The molecule has 0 amide bonds. The first-order chi connectivity index (χ1) is 22.6. The minimum Gasteiger partial charge on any atom is -0.462 e. The summed E-state index contributed by atoms with van der Waals surface area (Å²) in [7, 11) is 2.03. The van der Waals surface area contributed by atoms with E-state index in [1.165, 1.54) is 141 Å². The van der Waals surface area contributed by atoms with Crippen molar-refractivity contribution in [3.05, 3.63) is 0 Å². The van der Waals surface area contributed by atoms with Crippen LogP contribution in [0, 0.1) is 0 Å². The van der Waals surface area contributed by atoms with Crippen molar-refractivity contribution in [1.29, 1.82) is 0 Å². The molecule has 46 heavy (non-hydrogen) atoms. The molecular formula is C39H74N2O4S. The number of likely N-dealkylation sites (N-methyl/N-ethyl adjacent to an activating group) is 1. The predicted molar refractivity (Wildman–Crippen MR) is 199 cm³/mol. The minimum atomic E-state index is -0.438. The fourth-order valence-electron chi connectivity index (χ4n) is 6.03. The molecule has 1 atom stereocenters. The SMILES string of the molecule is CCCCCCCCCCCCCCCC(=O)OCC(CSC1=NCCN1C)OC(=O)CCCCCCCCCCCCCCC. The molecular weight excluding hydrogens is 593 g/mol. The van der Waals surface area contributed by atoms with Crippen LogP contribution in [0.5, 0.6) is 0 Å². The van der Waals surface area contributed by atoms with Gasteiger partial charge in [0.15, 0.2) is 5.17 Å². The van der Waals surface area contributed by atoms with Crippen molar-refractivity contribution in [1.82, 2.24) is 4.90 Å². The summed E-state index contributed by atoms with van der Waals surface area (Å²) in [4.78, 5) is 31.8. The van der Waals surface area contributed by atoms with Crippen molar-refractivity contribution in [3.63, 3.8) is 0 Å². The zero-order valence-electron chi connectivity index (χ0n) is 30.6. The van der Waals surface area contributed by atoms with Gasteiger partial charge in [0.25, 0.3) is 0 Å². The van der Waals surface area contributed by atoms with Crippen LogP contribution in [0.25, 0.3) is 0 Å². The molecule has 0 saturated carbocycles. The lowest BCUT2D eigenvalue weighted by Crippen LogP contribution is -2.29. The number of carbonyl (C=O) groups is 2. The van der Waals surface area contributed by atoms with Gasteiger partial charge in [0.1, 0.15) is 12.7 Å². The molecule has 0 aromatic heterocycles. The molecule has 0 aromatic carbocycles. The first-order valence-corrected chi connectivity index (χ1v) is 20.8. The number of ether oxygens (including phenoxy) is 2. The number of esters is 2. The zero-order chi connectivity index (χ0) is 33.3. The molecule has 0 saturated heterocycles. The highest BCUT2D eigenvalue weighted by molar-refractivity contribution is 8.13. The summed E-state index contributed by atoms with van der Waals surface area (Å²) in [6.45, 7) is 6.39. The summed E-state index contributed by atoms with van der Waals surface area (Å²) in [6, 6.07) is 0. The smallest absolute Gasteiger partial charge is 0.306 e. The normalized spacial score (nSPS) is 13.6. The Balaban J connectivity index is 2.15. The predicted octanol–water partition coefficient (Wildman–Crippen LogP) is 11.4. The molecule has 0 aliphatic carbocycles. The number of amidine groups is 1. The van der Waals surface area contributed by atoms with Crippen LogP contribution in [0.3, 0.4) is 0 Å². The maximum absolute atomic E-state index is 12.7. The Kier molecular flexibility index (Phi) is 30.1. The van der Waals surface area contributed by atoms with E-state index in [0.29, 0.717) is 18.6 Å². The summed E-state index contributed by atoms with van der Waals surface area (Å²) in [5.74, 6) is 0.198. The summed E-state index contributed by atoms with van der Waals surface area (Å²) >= 11 is 1.59. The van der Waals surface area contributed by atoms with E-state index in [9.17, 15) is 9.59 Å². The van der Waals surface area contributed by atoms with Gasteiger partial charge in [-0.2, -0.15) is 0 Å². The molecule has 0 spiro atoms. The Morgan fingerprint density at radius 3 is 1.41 bits per heavy atom. The van der Waals surface area contributed by atoms with Crippen LogP contribution in [0.2, 0.25) is 0 Å². The van der Waals surface area contributed by atoms with E-state index in [1.54, 1.807) is 11.8 Å². The highest BCUT2D eigenvalue weighted by Crippen LogP contribution is 2.18. The Morgan fingerprint density at radius 1 is 0.630 bits per heavy atom. The maximum atomic E-state index is 12.7. The summed E-state index contributed by atoms with van der Waals surface area (Å²) in [6.07, 6.45) is 33.8. The average molecular weight is 667 g/mol.